The van der Waals surface area contributed by atoms with E-state index in [1.165, 1.54) is 15.9 Å². The van der Waals surface area contributed by atoms with Gasteiger partial charge >= 0.3 is 0 Å². The summed E-state index contributed by atoms with van der Waals surface area (Å²) in [5.41, 5.74) is 3.93. The predicted molar refractivity (Wildman–Crippen MR) is 174 cm³/mol. The standard InChI is InChI=1S/C33H22ClN5O2S2/c34-28-14-5-4-8-23(28)21-41-26-12-6-9-22(18-26)31-24(20-38(37-31)25-10-2-1-3-11-25)19-29-32(40)39-33(43-29)35-30(36-39)16-15-27-13-7-17-42-27/h1-20H,21H2/b16-15+,29-19-. The molecule has 0 N–H and O–H groups in total. The lowest BCUT2D eigenvalue weighted by molar-refractivity contribution is 0.306. The summed E-state index contributed by atoms with van der Waals surface area (Å²) >= 11 is 9.24. The first-order valence-corrected chi connectivity index (χ1v) is 15.4. The third-order valence-electron chi connectivity index (χ3n) is 6.65. The number of ether oxygens (including phenoxy) is 1. The minimum absolute atomic E-state index is 0.224. The fourth-order valence-electron chi connectivity index (χ4n) is 4.54. The largest absolute Gasteiger partial charge is 0.489 e. The molecule has 0 unspecified atom stereocenters. The van der Waals surface area contributed by atoms with Crippen molar-refractivity contribution < 1.29 is 4.74 Å². The molecule has 7 rings (SSSR count). The van der Waals surface area contributed by atoms with Gasteiger partial charge in [0, 0.05) is 32.8 Å². The first-order chi connectivity index (χ1) is 21.1. The van der Waals surface area contributed by atoms with E-state index < -0.39 is 0 Å². The van der Waals surface area contributed by atoms with Crippen LogP contribution in [-0.2, 0) is 6.61 Å². The molecule has 0 spiro atoms. The maximum atomic E-state index is 13.4. The number of nitrogens with zero attached hydrogens (tertiary/aromatic N) is 5. The maximum Gasteiger partial charge on any atom is 0.291 e. The Morgan fingerprint density at radius 3 is 2.58 bits per heavy atom. The van der Waals surface area contributed by atoms with Gasteiger partial charge in [0.2, 0.25) is 4.96 Å². The van der Waals surface area contributed by atoms with Crippen LogP contribution >= 0.6 is 34.3 Å². The number of rotatable bonds is 8. The summed E-state index contributed by atoms with van der Waals surface area (Å²) in [6.45, 7) is 0.340. The summed E-state index contributed by atoms with van der Waals surface area (Å²) < 4.78 is 9.77. The Labute approximate surface area is 259 Å². The quantitative estimate of drug-likeness (QED) is 0.183. The van der Waals surface area contributed by atoms with Crippen molar-refractivity contribution in [3.63, 3.8) is 0 Å². The molecule has 0 atom stereocenters. The van der Waals surface area contributed by atoms with Gasteiger partial charge in [-0.3, -0.25) is 4.79 Å². The highest BCUT2D eigenvalue weighted by Gasteiger charge is 2.15. The van der Waals surface area contributed by atoms with Gasteiger partial charge in [-0.15, -0.1) is 16.4 Å². The molecule has 7 aromatic rings. The number of halogens is 1. The Bertz CT molecular complexity index is 2180. The van der Waals surface area contributed by atoms with Crippen LogP contribution in [0.25, 0.3) is 40.1 Å². The second-order valence-electron chi connectivity index (χ2n) is 9.55. The minimum Gasteiger partial charge on any atom is -0.489 e. The molecule has 0 aliphatic heterocycles. The van der Waals surface area contributed by atoms with Crippen molar-refractivity contribution in [3.05, 3.63) is 144 Å². The first-order valence-electron chi connectivity index (χ1n) is 13.4. The maximum absolute atomic E-state index is 13.4. The number of benzene rings is 3. The molecule has 210 valence electrons. The number of para-hydroxylation sites is 1. The van der Waals surface area contributed by atoms with Gasteiger partial charge < -0.3 is 4.74 Å². The zero-order valence-corrected chi connectivity index (χ0v) is 24.9. The average molecular weight is 620 g/mol. The molecule has 0 fully saturated rings. The Hall–Kier alpha value is -4.83. The number of thiazole rings is 1. The number of thiophene rings is 1. The zero-order chi connectivity index (χ0) is 29.2. The highest BCUT2D eigenvalue weighted by atomic mass is 35.5. The Balaban J connectivity index is 1.26. The van der Waals surface area contributed by atoms with Crippen LogP contribution in [0.2, 0.25) is 5.02 Å². The smallest absolute Gasteiger partial charge is 0.291 e. The Morgan fingerprint density at radius 1 is 0.907 bits per heavy atom. The highest BCUT2D eigenvalue weighted by molar-refractivity contribution is 7.15. The SMILES string of the molecule is O=c1/c(=C/c2cn(-c3ccccc3)nc2-c2cccc(OCc3ccccc3Cl)c2)sc2nc(/C=C/c3cccs3)nn12. The topological polar surface area (TPSA) is 74.3 Å². The van der Waals surface area contributed by atoms with E-state index in [0.29, 0.717) is 38.4 Å². The molecule has 4 aromatic heterocycles. The van der Waals surface area contributed by atoms with Crippen molar-refractivity contribution in [3.8, 4) is 22.7 Å². The molecule has 0 aliphatic carbocycles. The number of fused-ring (bicyclic) bond motifs is 1. The van der Waals surface area contributed by atoms with E-state index in [4.69, 9.17) is 21.4 Å². The van der Waals surface area contributed by atoms with Crippen LogP contribution in [0.4, 0.5) is 0 Å². The zero-order valence-electron chi connectivity index (χ0n) is 22.5. The van der Waals surface area contributed by atoms with Crippen molar-refractivity contribution in [1.82, 2.24) is 24.4 Å². The van der Waals surface area contributed by atoms with Crippen molar-refractivity contribution in [2.45, 2.75) is 6.61 Å². The van der Waals surface area contributed by atoms with E-state index in [1.54, 1.807) is 11.3 Å². The normalized spacial score (nSPS) is 12.1. The molecule has 4 heterocycles. The van der Waals surface area contributed by atoms with Crippen LogP contribution in [0.15, 0.2) is 107 Å². The predicted octanol–water partition coefficient (Wildman–Crippen LogP) is 7.02. The Morgan fingerprint density at radius 2 is 1.77 bits per heavy atom. The van der Waals surface area contributed by atoms with Crippen molar-refractivity contribution in [2.75, 3.05) is 0 Å². The molecule has 0 amide bonds. The van der Waals surface area contributed by atoms with Gasteiger partial charge in [0.25, 0.3) is 5.56 Å². The van der Waals surface area contributed by atoms with Gasteiger partial charge in [-0.1, -0.05) is 77.5 Å². The lowest BCUT2D eigenvalue weighted by atomic mass is 10.1. The van der Waals surface area contributed by atoms with Gasteiger partial charge in [0.15, 0.2) is 5.82 Å². The molecule has 10 heteroatoms. The highest BCUT2D eigenvalue weighted by Crippen LogP contribution is 2.28. The second-order valence-corrected chi connectivity index (χ2v) is 11.9. The van der Waals surface area contributed by atoms with Gasteiger partial charge in [0.05, 0.1) is 10.2 Å². The van der Waals surface area contributed by atoms with Crippen LogP contribution in [0.3, 0.4) is 0 Å². The van der Waals surface area contributed by atoms with E-state index in [-0.39, 0.29) is 5.56 Å². The second kappa shape index (κ2) is 11.8. The van der Waals surface area contributed by atoms with Gasteiger partial charge in [-0.05, 0) is 60.0 Å². The summed E-state index contributed by atoms with van der Waals surface area (Å²) in [6, 6.07) is 29.2. The van der Waals surface area contributed by atoms with Crippen LogP contribution in [-0.4, -0.2) is 24.4 Å². The minimum atomic E-state index is -0.224. The van der Waals surface area contributed by atoms with Gasteiger partial charge in [-0.25, -0.2) is 4.68 Å². The first kappa shape index (κ1) is 27.0. The van der Waals surface area contributed by atoms with E-state index in [1.807, 2.05) is 125 Å². The van der Waals surface area contributed by atoms with Crippen LogP contribution in [0, 0.1) is 0 Å². The molecule has 0 saturated heterocycles. The molecule has 7 nitrogen and oxygen atoms in total. The summed E-state index contributed by atoms with van der Waals surface area (Å²) in [5, 5.41) is 12.0. The number of hydrogen-bond donors (Lipinski definition) is 0. The fraction of sp³-hybridized carbons (Fsp3) is 0.0303. The monoisotopic (exact) mass is 619 g/mol. The van der Waals surface area contributed by atoms with Crippen LogP contribution < -0.4 is 14.8 Å². The summed E-state index contributed by atoms with van der Waals surface area (Å²) in [6.07, 6.45) is 7.53. The lowest BCUT2D eigenvalue weighted by Crippen LogP contribution is -2.23. The Kier molecular flexibility index (Phi) is 7.42. The van der Waals surface area contributed by atoms with Crippen molar-refractivity contribution in [1.29, 1.82) is 0 Å². The molecule has 0 aliphatic rings. The van der Waals surface area contributed by atoms with Gasteiger partial charge in [-0.2, -0.15) is 14.6 Å². The summed E-state index contributed by atoms with van der Waals surface area (Å²) in [5.74, 6) is 1.18. The summed E-state index contributed by atoms with van der Waals surface area (Å²) in [4.78, 5) is 19.5. The molecular weight excluding hydrogens is 598 g/mol. The molecule has 0 bridgehead atoms. The molecule has 0 saturated carbocycles. The summed E-state index contributed by atoms with van der Waals surface area (Å²) in [7, 11) is 0. The van der Waals surface area contributed by atoms with Crippen LogP contribution in [0.1, 0.15) is 21.8 Å². The number of aromatic nitrogens is 5. The van der Waals surface area contributed by atoms with E-state index in [9.17, 15) is 4.79 Å². The third-order valence-corrected chi connectivity index (χ3v) is 8.81. The molecule has 3 aromatic carbocycles. The molecular formula is C33H22ClN5O2S2. The number of hydrogen-bond acceptors (Lipinski definition) is 7. The van der Waals surface area contributed by atoms with Crippen molar-refractivity contribution in [2.24, 2.45) is 0 Å². The lowest BCUT2D eigenvalue weighted by Gasteiger charge is -2.09. The third kappa shape index (κ3) is 5.78. The molecule has 0 radical (unpaired) electrons. The van der Waals surface area contributed by atoms with Crippen LogP contribution in [0.5, 0.6) is 5.75 Å². The van der Waals surface area contributed by atoms with E-state index >= 15 is 0 Å². The average Bonchev–Trinajstić information content (AvgIpc) is 3.83. The van der Waals surface area contributed by atoms with E-state index in [2.05, 4.69) is 10.1 Å². The fourth-order valence-corrected chi connectivity index (χ4v) is 6.26. The van der Waals surface area contributed by atoms with E-state index in [0.717, 1.165) is 27.3 Å². The van der Waals surface area contributed by atoms with Gasteiger partial charge in [0.1, 0.15) is 18.1 Å². The molecule has 43 heavy (non-hydrogen) atoms. The van der Waals surface area contributed by atoms with Crippen molar-refractivity contribution >= 4 is 57.5 Å².